The molecule has 2 aliphatic rings. The molecule has 0 radical (unpaired) electrons. The number of carbonyl (C=O) groups excluding carboxylic acids is 2. The minimum absolute atomic E-state index is 0.280. The lowest BCUT2D eigenvalue weighted by molar-refractivity contribution is -0.151. The molecule has 2 amide bonds. The number of methoxy groups -OCH3 is 1. The van der Waals surface area contributed by atoms with E-state index in [0.717, 1.165) is 19.3 Å². The number of likely N-dealkylation sites (tertiary alicyclic amines) is 1. The summed E-state index contributed by atoms with van der Waals surface area (Å²) in [5.74, 6) is -1.26. The number of rotatable bonds is 3. The van der Waals surface area contributed by atoms with Gasteiger partial charge in [0.2, 0.25) is 5.91 Å². The molecule has 0 bridgehead atoms. The Labute approximate surface area is 123 Å². The predicted molar refractivity (Wildman–Crippen MR) is 73.7 cm³/mol. The Morgan fingerprint density at radius 1 is 1.19 bits per heavy atom. The molecular formula is C14H22N2O5. The van der Waals surface area contributed by atoms with Gasteiger partial charge < -0.3 is 20.1 Å². The highest BCUT2D eigenvalue weighted by Gasteiger charge is 2.47. The number of nitrogens with one attached hydrogen (secondary N) is 1. The number of carboxylic acids is 1. The molecule has 0 aromatic rings. The summed E-state index contributed by atoms with van der Waals surface area (Å²) in [6.45, 7) is 0.431. The van der Waals surface area contributed by atoms with Crippen molar-refractivity contribution in [3.8, 4) is 0 Å². The number of aliphatic carboxylic acids is 1. The summed E-state index contributed by atoms with van der Waals surface area (Å²) < 4.78 is 4.63. The van der Waals surface area contributed by atoms with Crippen molar-refractivity contribution in [3.63, 3.8) is 0 Å². The van der Waals surface area contributed by atoms with E-state index in [2.05, 4.69) is 10.1 Å². The third-order valence-corrected chi connectivity index (χ3v) is 4.44. The van der Waals surface area contributed by atoms with Gasteiger partial charge in [-0.1, -0.05) is 19.3 Å². The Kier molecular flexibility index (Phi) is 4.69. The molecule has 1 saturated carbocycles. The van der Waals surface area contributed by atoms with E-state index in [1.807, 2.05) is 0 Å². The summed E-state index contributed by atoms with van der Waals surface area (Å²) in [6.07, 6.45) is 4.25. The van der Waals surface area contributed by atoms with Crippen molar-refractivity contribution in [1.29, 1.82) is 0 Å². The lowest BCUT2D eigenvalue weighted by Gasteiger charge is -2.39. The number of hydrogen-bond acceptors (Lipinski definition) is 4. The van der Waals surface area contributed by atoms with Crippen LogP contribution in [0.3, 0.4) is 0 Å². The zero-order valence-corrected chi connectivity index (χ0v) is 12.3. The van der Waals surface area contributed by atoms with E-state index in [1.54, 1.807) is 0 Å². The Balaban J connectivity index is 2.21. The molecule has 118 valence electrons. The van der Waals surface area contributed by atoms with Gasteiger partial charge in [-0.3, -0.25) is 4.79 Å². The molecule has 0 unspecified atom stereocenters. The summed E-state index contributed by atoms with van der Waals surface area (Å²) in [5.41, 5.74) is -1.01. The molecule has 1 atom stereocenters. The fraction of sp³-hybridized carbons (Fsp3) is 0.786. The highest BCUT2D eigenvalue weighted by Crippen LogP contribution is 2.32. The van der Waals surface area contributed by atoms with Crippen LogP contribution < -0.4 is 5.32 Å². The van der Waals surface area contributed by atoms with Crippen LogP contribution in [-0.2, 0) is 14.3 Å². The fourth-order valence-corrected chi connectivity index (χ4v) is 3.34. The molecule has 2 fully saturated rings. The fourth-order valence-electron chi connectivity index (χ4n) is 3.34. The SMILES string of the molecule is COC(=O)NC1(C(=O)N2CCC[C@H]2C(=O)O)CCCCC1. The van der Waals surface area contributed by atoms with E-state index in [1.165, 1.54) is 12.0 Å². The van der Waals surface area contributed by atoms with Crippen molar-refractivity contribution >= 4 is 18.0 Å². The van der Waals surface area contributed by atoms with E-state index >= 15 is 0 Å². The Morgan fingerprint density at radius 3 is 2.43 bits per heavy atom. The van der Waals surface area contributed by atoms with Gasteiger partial charge in [0.05, 0.1) is 7.11 Å². The van der Waals surface area contributed by atoms with Gasteiger partial charge in [-0.05, 0) is 25.7 Å². The van der Waals surface area contributed by atoms with Crippen LogP contribution in [0, 0.1) is 0 Å². The van der Waals surface area contributed by atoms with Crippen molar-refractivity contribution in [3.05, 3.63) is 0 Å². The monoisotopic (exact) mass is 298 g/mol. The van der Waals surface area contributed by atoms with Crippen LogP contribution in [-0.4, -0.2) is 53.2 Å². The second-order valence-electron chi connectivity index (χ2n) is 5.75. The second kappa shape index (κ2) is 6.32. The Hall–Kier alpha value is -1.79. The smallest absolute Gasteiger partial charge is 0.407 e. The first kappa shape index (κ1) is 15.6. The summed E-state index contributed by atoms with van der Waals surface area (Å²) in [5, 5.41) is 11.9. The van der Waals surface area contributed by atoms with Crippen LogP contribution in [0.15, 0.2) is 0 Å². The molecule has 0 spiro atoms. The number of nitrogens with zero attached hydrogens (tertiary/aromatic N) is 1. The molecule has 0 aromatic heterocycles. The minimum atomic E-state index is -1.01. The number of carboxylic acid groups (broad SMARTS) is 1. The topological polar surface area (TPSA) is 95.9 Å². The molecule has 1 aliphatic carbocycles. The number of amides is 2. The summed E-state index contributed by atoms with van der Waals surface area (Å²) >= 11 is 0. The first-order valence-electron chi connectivity index (χ1n) is 7.40. The lowest BCUT2D eigenvalue weighted by atomic mass is 9.80. The van der Waals surface area contributed by atoms with Crippen LogP contribution in [0.5, 0.6) is 0 Å². The average molecular weight is 298 g/mol. The molecule has 2 N–H and O–H groups in total. The van der Waals surface area contributed by atoms with Gasteiger partial charge in [0.25, 0.3) is 0 Å². The third-order valence-electron chi connectivity index (χ3n) is 4.44. The normalized spacial score (nSPS) is 24.4. The first-order chi connectivity index (χ1) is 10.00. The van der Waals surface area contributed by atoms with E-state index in [-0.39, 0.29) is 5.91 Å². The van der Waals surface area contributed by atoms with E-state index in [0.29, 0.717) is 32.2 Å². The van der Waals surface area contributed by atoms with Crippen LogP contribution in [0.4, 0.5) is 4.79 Å². The van der Waals surface area contributed by atoms with Crippen molar-refractivity contribution in [2.45, 2.75) is 56.5 Å². The third kappa shape index (κ3) is 3.11. The second-order valence-corrected chi connectivity index (χ2v) is 5.75. The van der Waals surface area contributed by atoms with Crippen molar-refractivity contribution in [2.75, 3.05) is 13.7 Å². The molecule has 7 nitrogen and oxygen atoms in total. The van der Waals surface area contributed by atoms with Crippen LogP contribution in [0.25, 0.3) is 0 Å². The van der Waals surface area contributed by atoms with Gasteiger partial charge in [0.1, 0.15) is 11.6 Å². The van der Waals surface area contributed by atoms with E-state index < -0.39 is 23.6 Å². The highest BCUT2D eigenvalue weighted by atomic mass is 16.5. The average Bonchev–Trinajstić information content (AvgIpc) is 2.96. The molecular weight excluding hydrogens is 276 g/mol. The largest absolute Gasteiger partial charge is 0.480 e. The maximum atomic E-state index is 12.9. The van der Waals surface area contributed by atoms with Crippen molar-refractivity contribution in [1.82, 2.24) is 10.2 Å². The summed E-state index contributed by atoms with van der Waals surface area (Å²) in [6, 6.07) is -0.782. The molecule has 1 saturated heterocycles. The van der Waals surface area contributed by atoms with Crippen LogP contribution in [0.1, 0.15) is 44.9 Å². The number of hydrogen-bond donors (Lipinski definition) is 2. The van der Waals surface area contributed by atoms with E-state index in [9.17, 15) is 19.5 Å². The number of alkyl carbamates (subject to hydrolysis) is 1. The van der Waals surface area contributed by atoms with E-state index in [4.69, 9.17) is 0 Å². The summed E-state index contributed by atoms with van der Waals surface area (Å²) in [7, 11) is 1.26. The van der Waals surface area contributed by atoms with Gasteiger partial charge >= 0.3 is 12.1 Å². The Bertz CT molecular complexity index is 431. The van der Waals surface area contributed by atoms with Gasteiger partial charge in [-0.15, -0.1) is 0 Å². The van der Waals surface area contributed by atoms with Crippen LogP contribution in [0.2, 0.25) is 0 Å². The first-order valence-corrected chi connectivity index (χ1v) is 7.40. The molecule has 1 aliphatic heterocycles. The zero-order chi connectivity index (χ0) is 15.5. The minimum Gasteiger partial charge on any atom is -0.480 e. The van der Waals surface area contributed by atoms with Gasteiger partial charge in [-0.2, -0.15) is 0 Å². The Morgan fingerprint density at radius 2 is 1.86 bits per heavy atom. The highest BCUT2D eigenvalue weighted by molar-refractivity contribution is 5.93. The standard InChI is InChI=1S/C14H22N2O5/c1-21-13(20)15-14(7-3-2-4-8-14)12(19)16-9-5-6-10(16)11(17)18/h10H,2-9H2,1H3,(H,15,20)(H,17,18)/t10-/m0/s1. The molecule has 2 rings (SSSR count). The maximum absolute atomic E-state index is 12.9. The molecule has 7 heteroatoms. The number of carbonyl (C=O) groups is 3. The van der Waals surface area contributed by atoms with Crippen molar-refractivity contribution < 1.29 is 24.2 Å². The van der Waals surface area contributed by atoms with Gasteiger partial charge in [-0.25, -0.2) is 9.59 Å². The molecule has 21 heavy (non-hydrogen) atoms. The van der Waals surface area contributed by atoms with Crippen molar-refractivity contribution in [2.24, 2.45) is 0 Å². The zero-order valence-electron chi connectivity index (χ0n) is 12.3. The van der Waals surface area contributed by atoms with Gasteiger partial charge in [0.15, 0.2) is 0 Å². The lowest BCUT2D eigenvalue weighted by Crippen LogP contribution is -2.62. The maximum Gasteiger partial charge on any atom is 0.407 e. The predicted octanol–water partition coefficient (Wildman–Crippen LogP) is 1.12. The molecule has 1 heterocycles. The van der Waals surface area contributed by atoms with Crippen LogP contribution >= 0.6 is 0 Å². The quantitative estimate of drug-likeness (QED) is 0.814. The number of ether oxygens (including phenoxy) is 1. The summed E-state index contributed by atoms with van der Waals surface area (Å²) in [4.78, 5) is 37.2. The molecule has 0 aromatic carbocycles. The van der Waals surface area contributed by atoms with Gasteiger partial charge in [0, 0.05) is 6.54 Å².